The van der Waals surface area contributed by atoms with Gasteiger partial charge in [-0.25, -0.2) is 0 Å². The van der Waals surface area contributed by atoms with Crippen molar-refractivity contribution < 1.29 is 4.74 Å². The summed E-state index contributed by atoms with van der Waals surface area (Å²) in [6.45, 7) is 3.16. The van der Waals surface area contributed by atoms with Crippen LogP contribution in [0, 0.1) is 17.2 Å². The molecular formula is C22H25NO. The van der Waals surface area contributed by atoms with Crippen LogP contribution in [0.1, 0.15) is 56.3 Å². The summed E-state index contributed by atoms with van der Waals surface area (Å²) >= 11 is 0. The molecule has 0 radical (unpaired) electrons. The van der Waals surface area contributed by atoms with Gasteiger partial charge in [-0.1, -0.05) is 56.2 Å². The van der Waals surface area contributed by atoms with Crippen molar-refractivity contribution in [2.24, 2.45) is 5.92 Å². The van der Waals surface area contributed by atoms with Gasteiger partial charge in [0.25, 0.3) is 0 Å². The highest BCUT2D eigenvalue weighted by atomic mass is 16.5. The summed E-state index contributed by atoms with van der Waals surface area (Å²) in [5, 5.41) is 8.88. The molecule has 2 nitrogen and oxygen atoms in total. The smallest absolute Gasteiger partial charge is 0.0991 e. The fourth-order valence-electron chi connectivity index (χ4n) is 3.42. The van der Waals surface area contributed by atoms with Gasteiger partial charge >= 0.3 is 0 Å². The van der Waals surface area contributed by atoms with Crippen LogP contribution in [-0.4, -0.2) is 6.61 Å². The molecule has 1 aliphatic rings. The van der Waals surface area contributed by atoms with E-state index in [1.807, 2.05) is 24.3 Å². The average molecular weight is 319 g/mol. The molecule has 1 saturated heterocycles. The molecule has 0 bridgehead atoms. The number of ether oxygens (including phenoxy) is 1. The van der Waals surface area contributed by atoms with Gasteiger partial charge in [0.2, 0.25) is 0 Å². The van der Waals surface area contributed by atoms with Crippen molar-refractivity contribution in [2.45, 2.75) is 45.1 Å². The zero-order chi connectivity index (χ0) is 16.8. The van der Waals surface area contributed by atoms with E-state index in [1.165, 1.54) is 36.8 Å². The normalized spacial score (nSPS) is 20.5. The molecule has 1 aliphatic heterocycles. The molecule has 1 fully saturated rings. The fourth-order valence-corrected chi connectivity index (χ4v) is 3.42. The Morgan fingerprint density at radius 2 is 1.67 bits per heavy atom. The molecule has 2 atom stereocenters. The van der Waals surface area contributed by atoms with Crippen LogP contribution in [0.15, 0.2) is 48.5 Å². The van der Waals surface area contributed by atoms with Gasteiger partial charge in [-0.15, -0.1) is 0 Å². The maximum atomic E-state index is 8.88. The number of rotatable bonds is 5. The van der Waals surface area contributed by atoms with Gasteiger partial charge in [0.15, 0.2) is 0 Å². The molecule has 2 unspecified atom stereocenters. The molecule has 0 aromatic heterocycles. The first-order valence-electron chi connectivity index (χ1n) is 9.02. The van der Waals surface area contributed by atoms with Crippen molar-refractivity contribution >= 4 is 0 Å². The Balaban J connectivity index is 1.61. The van der Waals surface area contributed by atoms with Crippen LogP contribution in [0.5, 0.6) is 0 Å². The number of nitriles is 1. The second-order valence-electron chi connectivity index (χ2n) is 6.72. The van der Waals surface area contributed by atoms with Gasteiger partial charge < -0.3 is 4.74 Å². The second kappa shape index (κ2) is 8.13. The molecule has 2 heteroatoms. The zero-order valence-corrected chi connectivity index (χ0v) is 14.4. The maximum Gasteiger partial charge on any atom is 0.0991 e. The number of nitrogens with zero attached hydrogens (tertiary/aromatic N) is 1. The molecule has 0 saturated carbocycles. The van der Waals surface area contributed by atoms with Gasteiger partial charge in [0, 0.05) is 0 Å². The highest BCUT2D eigenvalue weighted by Gasteiger charge is 2.22. The summed E-state index contributed by atoms with van der Waals surface area (Å²) in [4.78, 5) is 0. The van der Waals surface area contributed by atoms with Crippen molar-refractivity contribution in [3.63, 3.8) is 0 Å². The number of benzene rings is 2. The molecule has 3 rings (SSSR count). The quantitative estimate of drug-likeness (QED) is 0.689. The highest BCUT2D eigenvalue weighted by molar-refractivity contribution is 5.64. The minimum atomic E-state index is 0.248. The lowest BCUT2D eigenvalue weighted by Gasteiger charge is -2.29. The highest BCUT2D eigenvalue weighted by Crippen LogP contribution is 2.33. The van der Waals surface area contributed by atoms with E-state index in [0.29, 0.717) is 5.56 Å². The van der Waals surface area contributed by atoms with Gasteiger partial charge in [0.05, 0.1) is 24.3 Å². The minimum Gasteiger partial charge on any atom is -0.373 e. The monoisotopic (exact) mass is 319 g/mol. The van der Waals surface area contributed by atoms with Crippen LogP contribution in [0.4, 0.5) is 0 Å². The third kappa shape index (κ3) is 4.04. The summed E-state index contributed by atoms with van der Waals surface area (Å²) in [6, 6.07) is 18.6. The van der Waals surface area contributed by atoms with E-state index >= 15 is 0 Å². The first kappa shape index (κ1) is 16.7. The second-order valence-corrected chi connectivity index (χ2v) is 6.72. The molecule has 0 N–H and O–H groups in total. The van der Waals surface area contributed by atoms with E-state index in [-0.39, 0.29) is 6.10 Å². The van der Waals surface area contributed by atoms with E-state index in [1.54, 1.807) is 0 Å². The summed E-state index contributed by atoms with van der Waals surface area (Å²) in [5.41, 5.74) is 4.30. The SMILES string of the molecule is CCCCC1CCC(c2ccc(-c3ccc(C#N)cc3)cc2)OC1. The van der Waals surface area contributed by atoms with Crippen LogP contribution in [0.3, 0.4) is 0 Å². The fraction of sp³-hybridized carbons (Fsp3) is 0.409. The molecular weight excluding hydrogens is 294 g/mol. The zero-order valence-electron chi connectivity index (χ0n) is 14.4. The van der Waals surface area contributed by atoms with Gasteiger partial charge in [-0.3, -0.25) is 0 Å². The van der Waals surface area contributed by atoms with Crippen molar-refractivity contribution in [3.8, 4) is 17.2 Å². The van der Waals surface area contributed by atoms with Crippen LogP contribution >= 0.6 is 0 Å². The standard InChI is InChI=1S/C22H25NO/c1-2-3-4-18-7-14-22(24-16-18)21-12-10-20(11-13-21)19-8-5-17(15-23)6-9-19/h5-6,8-13,18,22H,2-4,7,14,16H2,1H3. The van der Waals surface area contributed by atoms with E-state index < -0.39 is 0 Å². The van der Waals surface area contributed by atoms with Crippen molar-refractivity contribution in [3.05, 3.63) is 59.7 Å². The van der Waals surface area contributed by atoms with E-state index in [0.717, 1.165) is 24.5 Å². The molecule has 1 heterocycles. The summed E-state index contributed by atoms with van der Waals surface area (Å²) in [7, 11) is 0. The lowest BCUT2D eigenvalue weighted by atomic mass is 9.91. The lowest BCUT2D eigenvalue weighted by Crippen LogP contribution is -2.20. The minimum absolute atomic E-state index is 0.248. The Morgan fingerprint density at radius 1 is 1.00 bits per heavy atom. The first-order chi connectivity index (χ1) is 11.8. The Labute approximate surface area is 145 Å². The van der Waals surface area contributed by atoms with Gasteiger partial charge in [-0.2, -0.15) is 5.26 Å². The molecule has 124 valence electrons. The maximum absolute atomic E-state index is 8.88. The predicted molar refractivity (Wildman–Crippen MR) is 97.5 cm³/mol. The summed E-state index contributed by atoms with van der Waals surface area (Å²) < 4.78 is 6.11. The van der Waals surface area contributed by atoms with Gasteiger partial charge in [0.1, 0.15) is 0 Å². The van der Waals surface area contributed by atoms with E-state index in [2.05, 4.69) is 37.3 Å². The Kier molecular flexibility index (Phi) is 5.67. The third-order valence-corrected chi connectivity index (χ3v) is 4.97. The molecule has 0 spiro atoms. The molecule has 0 aliphatic carbocycles. The van der Waals surface area contributed by atoms with Crippen molar-refractivity contribution in [2.75, 3.05) is 6.61 Å². The number of unbranched alkanes of at least 4 members (excludes halogenated alkanes) is 1. The summed E-state index contributed by atoms with van der Waals surface area (Å²) in [5.74, 6) is 0.749. The molecule has 0 amide bonds. The topological polar surface area (TPSA) is 33.0 Å². The largest absolute Gasteiger partial charge is 0.373 e. The molecule has 2 aromatic carbocycles. The van der Waals surface area contributed by atoms with Crippen molar-refractivity contribution in [1.29, 1.82) is 5.26 Å². The number of hydrogen-bond donors (Lipinski definition) is 0. The van der Waals surface area contributed by atoms with Crippen LogP contribution in [0.2, 0.25) is 0 Å². The summed E-state index contributed by atoms with van der Waals surface area (Å²) in [6.07, 6.45) is 6.56. The number of hydrogen-bond acceptors (Lipinski definition) is 2. The molecule has 24 heavy (non-hydrogen) atoms. The molecule has 2 aromatic rings. The predicted octanol–water partition coefficient (Wildman–Crippen LogP) is 5.88. The van der Waals surface area contributed by atoms with Gasteiger partial charge in [-0.05, 0) is 54.0 Å². The van der Waals surface area contributed by atoms with Crippen LogP contribution in [0.25, 0.3) is 11.1 Å². The van der Waals surface area contributed by atoms with E-state index in [4.69, 9.17) is 10.00 Å². The van der Waals surface area contributed by atoms with Crippen molar-refractivity contribution in [1.82, 2.24) is 0 Å². The van der Waals surface area contributed by atoms with Crippen LogP contribution in [-0.2, 0) is 4.74 Å². The van der Waals surface area contributed by atoms with E-state index in [9.17, 15) is 0 Å². The average Bonchev–Trinajstić information content (AvgIpc) is 2.67. The van der Waals surface area contributed by atoms with Crippen LogP contribution < -0.4 is 0 Å². The first-order valence-corrected chi connectivity index (χ1v) is 9.02. The Morgan fingerprint density at radius 3 is 2.21 bits per heavy atom. The Hall–Kier alpha value is -2.11. The lowest BCUT2D eigenvalue weighted by molar-refractivity contribution is -0.0197. The third-order valence-electron chi connectivity index (χ3n) is 4.97. The Bertz CT molecular complexity index is 673.